The first-order chi connectivity index (χ1) is 14.5. The summed E-state index contributed by atoms with van der Waals surface area (Å²) >= 11 is 0. The maximum Gasteiger partial charge on any atom is 0.326 e. The Morgan fingerprint density at radius 1 is 1.03 bits per heavy atom. The summed E-state index contributed by atoms with van der Waals surface area (Å²) in [7, 11) is 1.88. The Kier molecular flexibility index (Phi) is 6.89. The summed E-state index contributed by atoms with van der Waals surface area (Å²) in [5.74, 6) is -0.894. The minimum Gasteiger partial charge on any atom is -0.480 e. The summed E-state index contributed by atoms with van der Waals surface area (Å²) in [6.45, 7) is 0. The second-order valence-electron chi connectivity index (χ2n) is 6.57. The molecule has 0 saturated heterocycles. The van der Waals surface area contributed by atoms with Crippen molar-refractivity contribution in [2.24, 2.45) is 0 Å². The molecule has 0 saturated carbocycles. The average Bonchev–Trinajstić information content (AvgIpc) is 2.79. The molecule has 3 aromatic rings. The lowest BCUT2D eigenvalue weighted by atomic mass is 10.1. The highest BCUT2D eigenvalue weighted by Gasteiger charge is 2.19. The van der Waals surface area contributed by atoms with Crippen molar-refractivity contribution < 1.29 is 14.7 Å². The Morgan fingerprint density at radius 2 is 1.70 bits per heavy atom. The molecule has 0 aliphatic carbocycles. The van der Waals surface area contributed by atoms with Gasteiger partial charge in [0, 0.05) is 30.7 Å². The first-order valence-electron chi connectivity index (χ1n) is 9.40. The van der Waals surface area contributed by atoms with Crippen LogP contribution in [0.5, 0.6) is 0 Å². The monoisotopic (exact) mass is 402 g/mol. The number of rotatable bonds is 8. The van der Waals surface area contributed by atoms with E-state index in [-0.39, 0.29) is 6.42 Å². The fourth-order valence-corrected chi connectivity index (χ4v) is 2.78. The number of carboxylic acid groups (broad SMARTS) is 1. The molecule has 0 spiro atoms. The van der Waals surface area contributed by atoms with Gasteiger partial charge in [-0.1, -0.05) is 42.5 Å². The van der Waals surface area contributed by atoms with Gasteiger partial charge in [0.2, 0.25) is 5.95 Å². The second-order valence-corrected chi connectivity index (χ2v) is 6.57. The Morgan fingerprint density at radius 3 is 2.33 bits per heavy atom. The molecular formula is C23H22N4O3. The van der Waals surface area contributed by atoms with Crippen LogP contribution in [0.4, 0.5) is 11.6 Å². The van der Waals surface area contributed by atoms with Crippen LogP contribution in [0.25, 0.3) is 6.08 Å². The number of aliphatic carboxylic acids is 1. The van der Waals surface area contributed by atoms with E-state index in [1.807, 2.05) is 42.3 Å². The molecule has 1 aromatic heterocycles. The average molecular weight is 402 g/mol. The maximum absolute atomic E-state index is 12.2. The predicted octanol–water partition coefficient (Wildman–Crippen LogP) is 3.53. The van der Waals surface area contributed by atoms with Crippen molar-refractivity contribution in [3.8, 4) is 0 Å². The van der Waals surface area contributed by atoms with Gasteiger partial charge in [-0.05, 0) is 42.3 Å². The number of hydrogen-bond donors (Lipinski definition) is 2. The highest BCUT2D eigenvalue weighted by Crippen LogP contribution is 2.20. The summed E-state index contributed by atoms with van der Waals surface area (Å²) in [6, 6.07) is 17.0. The molecule has 0 unspecified atom stereocenters. The minimum absolute atomic E-state index is 0.174. The number of nitrogens with one attached hydrogen (secondary N) is 1. The van der Waals surface area contributed by atoms with Crippen LogP contribution >= 0.6 is 0 Å². The van der Waals surface area contributed by atoms with Crippen molar-refractivity contribution in [2.45, 2.75) is 12.5 Å². The molecule has 30 heavy (non-hydrogen) atoms. The lowest BCUT2D eigenvalue weighted by Crippen LogP contribution is -2.40. The van der Waals surface area contributed by atoms with E-state index in [4.69, 9.17) is 0 Å². The second kappa shape index (κ2) is 9.97. The van der Waals surface area contributed by atoms with Crippen LogP contribution in [-0.2, 0) is 4.79 Å². The lowest BCUT2D eigenvalue weighted by Gasteiger charge is -2.16. The molecule has 1 atom stereocenters. The third-order valence-corrected chi connectivity index (χ3v) is 4.45. The van der Waals surface area contributed by atoms with Crippen LogP contribution in [0.1, 0.15) is 22.3 Å². The van der Waals surface area contributed by atoms with Crippen LogP contribution in [0, 0.1) is 0 Å². The molecule has 2 N–H and O–H groups in total. The number of hydrogen-bond acceptors (Lipinski definition) is 5. The molecule has 0 fully saturated rings. The standard InChI is InChI=1S/C23H22N4O3/c1-27(23-24-15-6-16-25-23)19-13-11-17(12-14-19)7-5-10-20(22(29)30)26-21(28)18-8-3-2-4-9-18/h2-9,11-16,20H,10H2,1H3,(H,26,28)(H,29,30)/b7-5+/t20-/m0/s1. The predicted molar refractivity (Wildman–Crippen MR) is 116 cm³/mol. The largest absolute Gasteiger partial charge is 0.480 e. The SMILES string of the molecule is CN(c1ccc(/C=C/C[C@H](NC(=O)c2ccccc2)C(=O)O)cc1)c1ncccn1. The van der Waals surface area contributed by atoms with Gasteiger partial charge in [-0.2, -0.15) is 0 Å². The van der Waals surface area contributed by atoms with Crippen molar-refractivity contribution in [1.82, 2.24) is 15.3 Å². The van der Waals surface area contributed by atoms with Gasteiger partial charge in [0.25, 0.3) is 5.91 Å². The number of aromatic nitrogens is 2. The van der Waals surface area contributed by atoms with Crippen molar-refractivity contribution in [3.05, 3.63) is 90.3 Å². The molecular weight excluding hydrogens is 380 g/mol. The normalized spacial score (nSPS) is 11.8. The molecule has 1 amide bonds. The summed E-state index contributed by atoms with van der Waals surface area (Å²) in [5.41, 5.74) is 2.27. The number of benzene rings is 2. The van der Waals surface area contributed by atoms with E-state index in [0.29, 0.717) is 11.5 Å². The van der Waals surface area contributed by atoms with Crippen LogP contribution in [0.2, 0.25) is 0 Å². The fourth-order valence-electron chi connectivity index (χ4n) is 2.78. The smallest absolute Gasteiger partial charge is 0.326 e. The number of amides is 1. The number of carbonyl (C=O) groups is 2. The number of carboxylic acids is 1. The zero-order chi connectivity index (χ0) is 21.3. The number of carbonyl (C=O) groups excluding carboxylic acids is 1. The third kappa shape index (κ3) is 5.51. The first kappa shape index (κ1) is 20.7. The van der Waals surface area contributed by atoms with E-state index in [1.165, 1.54) is 0 Å². The van der Waals surface area contributed by atoms with Crippen LogP contribution in [-0.4, -0.2) is 40.0 Å². The maximum atomic E-state index is 12.2. The van der Waals surface area contributed by atoms with Gasteiger partial charge < -0.3 is 15.3 Å². The summed E-state index contributed by atoms with van der Waals surface area (Å²) in [6.07, 6.45) is 7.11. The van der Waals surface area contributed by atoms with Gasteiger partial charge >= 0.3 is 5.97 Å². The minimum atomic E-state index is -1.08. The fraction of sp³-hybridized carbons (Fsp3) is 0.130. The molecule has 7 nitrogen and oxygen atoms in total. The quantitative estimate of drug-likeness (QED) is 0.598. The zero-order valence-electron chi connectivity index (χ0n) is 16.5. The van der Waals surface area contributed by atoms with Gasteiger partial charge in [-0.3, -0.25) is 4.79 Å². The molecule has 152 valence electrons. The topological polar surface area (TPSA) is 95.4 Å². The highest BCUT2D eigenvalue weighted by atomic mass is 16.4. The molecule has 0 bridgehead atoms. The van der Waals surface area contributed by atoms with Crippen molar-refractivity contribution in [1.29, 1.82) is 0 Å². The van der Waals surface area contributed by atoms with E-state index in [9.17, 15) is 14.7 Å². The van der Waals surface area contributed by atoms with E-state index in [1.54, 1.807) is 54.9 Å². The van der Waals surface area contributed by atoms with Gasteiger partial charge in [0.1, 0.15) is 6.04 Å². The van der Waals surface area contributed by atoms with E-state index < -0.39 is 17.9 Å². The summed E-state index contributed by atoms with van der Waals surface area (Å²) in [4.78, 5) is 34.0. The Hall–Kier alpha value is -4.00. The summed E-state index contributed by atoms with van der Waals surface area (Å²) < 4.78 is 0. The Labute approximate surface area is 174 Å². The summed E-state index contributed by atoms with van der Waals surface area (Å²) in [5, 5.41) is 12.0. The lowest BCUT2D eigenvalue weighted by molar-refractivity contribution is -0.139. The first-order valence-corrected chi connectivity index (χ1v) is 9.40. The van der Waals surface area contributed by atoms with Crippen molar-refractivity contribution in [3.63, 3.8) is 0 Å². The van der Waals surface area contributed by atoms with Gasteiger partial charge in [0.15, 0.2) is 0 Å². The van der Waals surface area contributed by atoms with E-state index in [2.05, 4.69) is 15.3 Å². The molecule has 1 heterocycles. The Balaban J connectivity index is 1.60. The van der Waals surface area contributed by atoms with Crippen molar-refractivity contribution in [2.75, 3.05) is 11.9 Å². The van der Waals surface area contributed by atoms with E-state index >= 15 is 0 Å². The third-order valence-electron chi connectivity index (χ3n) is 4.45. The van der Waals surface area contributed by atoms with Crippen LogP contribution < -0.4 is 10.2 Å². The van der Waals surface area contributed by atoms with Crippen LogP contribution in [0.15, 0.2) is 79.1 Å². The van der Waals surface area contributed by atoms with Gasteiger partial charge in [-0.15, -0.1) is 0 Å². The molecule has 0 aliphatic heterocycles. The number of anilines is 2. The van der Waals surface area contributed by atoms with Crippen LogP contribution in [0.3, 0.4) is 0 Å². The molecule has 7 heteroatoms. The van der Waals surface area contributed by atoms with Crippen molar-refractivity contribution >= 4 is 29.6 Å². The molecule has 0 radical (unpaired) electrons. The van der Waals surface area contributed by atoms with E-state index in [0.717, 1.165) is 11.3 Å². The highest BCUT2D eigenvalue weighted by molar-refractivity contribution is 5.96. The molecule has 2 aromatic carbocycles. The van der Waals surface area contributed by atoms with Gasteiger partial charge in [-0.25, -0.2) is 14.8 Å². The van der Waals surface area contributed by atoms with Gasteiger partial charge in [0.05, 0.1) is 0 Å². The number of nitrogens with zero attached hydrogens (tertiary/aromatic N) is 3. The zero-order valence-corrected chi connectivity index (χ0v) is 16.5. The Bertz CT molecular complexity index is 1010. The molecule has 0 aliphatic rings. The molecule has 3 rings (SSSR count).